The van der Waals surface area contributed by atoms with Gasteiger partial charge in [0, 0.05) is 5.41 Å². The summed E-state index contributed by atoms with van der Waals surface area (Å²) < 4.78 is 0. The number of hydrogen-bond acceptors (Lipinski definition) is 1. The number of aliphatic hydroxyl groups is 1. The summed E-state index contributed by atoms with van der Waals surface area (Å²) in [6.45, 7) is 12.0. The number of benzene rings is 1. The van der Waals surface area contributed by atoms with E-state index in [2.05, 4.69) is 6.58 Å². The molecule has 15 heavy (non-hydrogen) atoms. The van der Waals surface area contributed by atoms with Crippen molar-refractivity contribution in [2.45, 2.75) is 33.8 Å². The second-order valence-corrected chi connectivity index (χ2v) is 4.82. The monoisotopic (exact) mass is 204 g/mol. The van der Waals surface area contributed by atoms with Crippen molar-refractivity contribution in [1.29, 1.82) is 0 Å². The van der Waals surface area contributed by atoms with Crippen molar-refractivity contribution in [3.8, 4) is 0 Å². The van der Waals surface area contributed by atoms with Crippen LogP contribution < -0.4 is 0 Å². The summed E-state index contributed by atoms with van der Waals surface area (Å²) in [4.78, 5) is 0. The lowest BCUT2D eigenvalue weighted by Crippen LogP contribution is -2.22. The number of rotatable bonds is 3. The first-order valence-corrected chi connectivity index (χ1v) is 5.26. The van der Waals surface area contributed by atoms with Gasteiger partial charge in [-0.05, 0) is 19.4 Å². The maximum Gasteiger partial charge on any atom is 0.0877 e. The lowest BCUT2D eigenvalue weighted by molar-refractivity contribution is 0.0746. The van der Waals surface area contributed by atoms with Gasteiger partial charge in [0.15, 0.2) is 0 Å². The van der Waals surface area contributed by atoms with Crippen LogP contribution in [0.1, 0.15) is 38.0 Å². The van der Waals surface area contributed by atoms with Gasteiger partial charge in [-0.3, -0.25) is 0 Å². The third-order valence-corrected chi connectivity index (χ3v) is 3.18. The van der Waals surface area contributed by atoms with Crippen LogP contribution in [-0.4, -0.2) is 5.11 Å². The molecule has 0 aliphatic carbocycles. The molecule has 0 aliphatic rings. The molecule has 0 aliphatic heterocycles. The molecule has 0 saturated carbocycles. The Kier molecular flexibility index (Phi) is 3.35. The summed E-state index contributed by atoms with van der Waals surface area (Å²) in [5.41, 5.74) is 2.87. The van der Waals surface area contributed by atoms with Gasteiger partial charge in [-0.2, -0.15) is 0 Å². The molecule has 1 heteroatoms. The van der Waals surface area contributed by atoms with Crippen molar-refractivity contribution in [2.24, 2.45) is 5.41 Å². The minimum absolute atomic E-state index is 0.282. The average molecular weight is 204 g/mol. The summed E-state index contributed by atoms with van der Waals surface area (Å²) in [7, 11) is 0. The molecule has 0 saturated heterocycles. The fourth-order valence-electron chi connectivity index (χ4n) is 1.40. The van der Waals surface area contributed by atoms with E-state index < -0.39 is 6.10 Å². The van der Waals surface area contributed by atoms with Gasteiger partial charge in [0.2, 0.25) is 0 Å². The van der Waals surface area contributed by atoms with E-state index in [0.29, 0.717) is 0 Å². The van der Waals surface area contributed by atoms with Gasteiger partial charge >= 0.3 is 0 Å². The van der Waals surface area contributed by atoms with Crippen molar-refractivity contribution >= 4 is 0 Å². The van der Waals surface area contributed by atoms with E-state index in [-0.39, 0.29) is 5.41 Å². The molecular weight excluding hydrogens is 184 g/mol. The van der Waals surface area contributed by atoms with Crippen molar-refractivity contribution in [3.63, 3.8) is 0 Å². The van der Waals surface area contributed by atoms with Gasteiger partial charge in [-0.25, -0.2) is 0 Å². The zero-order valence-corrected chi connectivity index (χ0v) is 10.0. The van der Waals surface area contributed by atoms with E-state index in [1.807, 2.05) is 52.0 Å². The second-order valence-electron chi connectivity index (χ2n) is 4.82. The highest BCUT2D eigenvalue weighted by atomic mass is 16.3. The van der Waals surface area contributed by atoms with E-state index in [4.69, 9.17) is 0 Å². The topological polar surface area (TPSA) is 20.2 Å². The molecule has 82 valence electrons. The first-order chi connectivity index (χ1) is 6.85. The summed E-state index contributed by atoms with van der Waals surface area (Å²) in [6.07, 6.45) is -0.490. The van der Waals surface area contributed by atoms with E-state index in [1.165, 1.54) is 5.56 Å². The fraction of sp³-hybridized carbons (Fsp3) is 0.429. The minimum Gasteiger partial charge on any atom is -0.388 e. The van der Waals surface area contributed by atoms with Crippen LogP contribution in [0.3, 0.4) is 0 Å². The summed E-state index contributed by atoms with van der Waals surface area (Å²) >= 11 is 0. The van der Waals surface area contributed by atoms with E-state index in [9.17, 15) is 5.11 Å². The average Bonchev–Trinajstić information content (AvgIpc) is 2.17. The molecule has 0 bridgehead atoms. The van der Waals surface area contributed by atoms with E-state index in [1.54, 1.807) is 0 Å². The summed E-state index contributed by atoms with van der Waals surface area (Å²) in [5, 5.41) is 10.2. The van der Waals surface area contributed by atoms with Gasteiger partial charge in [0.25, 0.3) is 0 Å². The van der Waals surface area contributed by atoms with Gasteiger partial charge in [0.05, 0.1) is 6.10 Å². The molecule has 1 atom stereocenters. The largest absolute Gasteiger partial charge is 0.388 e. The second kappa shape index (κ2) is 4.19. The summed E-state index contributed by atoms with van der Waals surface area (Å²) in [5.74, 6) is 0. The minimum atomic E-state index is -0.490. The summed E-state index contributed by atoms with van der Waals surface area (Å²) in [6, 6.07) is 8.00. The SMILES string of the molecule is C=C(C)C(C)(C)[C@@H](O)c1ccc(C)cc1. The lowest BCUT2D eigenvalue weighted by Gasteiger charge is -2.31. The van der Waals surface area contributed by atoms with E-state index >= 15 is 0 Å². The zero-order chi connectivity index (χ0) is 11.6. The Hall–Kier alpha value is -1.08. The number of aryl methyl sites for hydroxylation is 1. The molecular formula is C14H20O. The maximum absolute atomic E-state index is 10.2. The molecule has 1 aromatic carbocycles. The Labute approximate surface area is 92.5 Å². The predicted molar refractivity (Wildman–Crippen MR) is 64.7 cm³/mol. The molecule has 0 amide bonds. The van der Waals surface area contributed by atoms with Crippen LogP contribution in [0.5, 0.6) is 0 Å². The molecule has 0 spiro atoms. The predicted octanol–water partition coefficient (Wildman–Crippen LogP) is 3.63. The Morgan fingerprint density at radius 3 is 2.13 bits per heavy atom. The van der Waals surface area contributed by atoms with Crippen molar-refractivity contribution in [3.05, 3.63) is 47.5 Å². The van der Waals surface area contributed by atoms with Gasteiger partial charge in [-0.1, -0.05) is 55.8 Å². The smallest absolute Gasteiger partial charge is 0.0877 e. The first-order valence-electron chi connectivity index (χ1n) is 5.26. The quantitative estimate of drug-likeness (QED) is 0.745. The molecule has 1 rings (SSSR count). The first kappa shape index (κ1) is 12.0. The van der Waals surface area contributed by atoms with Crippen LogP contribution in [0.15, 0.2) is 36.4 Å². The van der Waals surface area contributed by atoms with E-state index in [0.717, 1.165) is 11.1 Å². The highest BCUT2D eigenvalue weighted by molar-refractivity contribution is 5.26. The van der Waals surface area contributed by atoms with Crippen LogP contribution in [0.4, 0.5) is 0 Å². The zero-order valence-electron chi connectivity index (χ0n) is 10.0. The molecule has 0 fully saturated rings. The van der Waals surface area contributed by atoms with Gasteiger partial charge in [0.1, 0.15) is 0 Å². The van der Waals surface area contributed by atoms with Crippen LogP contribution in [0.2, 0.25) is 0 Å². The third-order valence-electron chi connectivity index (χ3n) is 3.18. The number of hydrogen-bond donors (Lipinski definition) is 1. The van der Waals surface area contributed by atoms with Crippen LogP contribution >= 0.6 is 0 Å². The Balaban J connectivity index is 2.99. The molecule has 0 radical (unpaired) electrons. The van der Waals surface area contributed by atoms with Crippen LogP contribution in [0, 0.1) is 12.3 Å². The highest BCUT2D eigenvalue weighted by Gasteiger charge is 2.29. The van der Waals surface area contributed by atoms with Crippen molar-refractivity contribution in [2.75, 3.05) is 0 Å². The van der Waals surface area contributed by atoms with Gasteiger partial charge < -0.3 is 5.11 Å². The Bertz CT molecular complexity index is 346. The molecule has 1 aromatic rings. The Morgan fingerprint density at radius 2 is 1.73 bits per heavy atom. The Morgan fingerprint density at radius 1 is 1.27 bits per heavy atom. The van der Waals surface area contributed by atoms with Gasteiger partial charge in [-0.15, -0.1) is 0 Å². The number of aliphatic hydroxyl groups excluding tert-OH is 1. The normalized spacial score (nSPS) is 13.7. The fourth-order valence-corrected chi connectivity index (χ4v) is 1.40. The maximum atomic E-state index is 10.2. The molecule has 0 unspecified atom stereocenters. The lowest BCUT2D eigenvalue weighted by atomic mass is 9.77. The standard InChI is InChI=1S/C14H20O/c1-10(2)14(4,5)13(15)12-8-6-11(3)7-9-12/h6-9,13,15H,1H2,2-5H3/t13-/m0/s1. The highest BCUT2D eigenvalue weighted by Crippen LogP contribution is 2.38. The molecule has 0 heterocycles. The molecule has 0 aromatic heterocycles. The third kappa shape index (κ3) is 2.48. The van der Waals surface area contributed by atoms with Crippen molar-refractivity contribution < 1.29 is 5.11 Å². The van der Waals surface area contributed by atoms with Crippen LogP contribution in [-0.2, 0) is 0 Å². The van der Waals surface area contributed by atoms with Crippen molar-refractivity contribution in [1.82, 2.24) is 0 Å². The molecule has 1 nitrogen and oxygen atoms in total. The van der Waals surface area contributed by atoms with Crippen LogP contribution in [0.25, 0.3) is 0 Å². The molecule has 1 N–H and O–H groups in total.